The maximum atomic E-state index is 2.17. The molecule has 0 rings (SSSR count). The molecule has 0 aliphatic heterocycles. The Morgan fingerprint density at radius 2 is 1.43 bits per heavy atom. The third-order valence-corrected chi connectivity index (χ3v) is 0.667. The maximum Gasteiger partial charge on any atom is 2.00 e. The fourth-order valence-corrected chi connectivity index (χ4v) is 0. The minimum absolute atomic E-state index is 0. The first-order chi connectivity index (χ1) is 2.27. The summed E-state index contributed by atoms with van der Waals surface area (Å²) in [5.41, 5.74) is 0. The van der Waals surface area contributed by atoms with Crippen LogP contribution in [0.5, 0.6) is 0 Å². The molecule has 0 fully saturated rings. The van der Waals surface area contributed by atoms with Gasteiger partial charge >= 0.3 is 23.1 Å². The third kappa shape index (κ3) is 18.9. The molecule has 0 aromatic rings. The number of halogens is 1. The van der Waals surface area contributed by atoms with Crippen LogP contribution in [0.1, 0.15) is 20.8 Å². The van der Waals surface area contributed by atoms with E-state index in [1.165, 1.54) is 0 Å². The molecule has 0 atom stereocenters. The summed E-state index contributed by atoms with van der Waals surface area (Å²) in [6.07, 6.45) is 2.17. The SMILES string of the molecule is C[CH-]C(C)C.[Br-].[Mg+2]. The Balaban J connectivity index is -0.0000000800. The van der Waals surface area contributed by atoms with Crippen LogP contribution in [0.2, 0.25) is 0 Å². The van der Waals surface area contributed by atoms with Gasteiger partial charge in [-0.1, -0.05) is 13.8 Å². The van der Waals surface area contributed by atoms with E-state index in [4.69, 9.17) is 0 Å². The van der Waals surface area contributed by atoms with Crippen molar-refractivity contribution >= 4 is 23.1 Å². The zero-order chi connectivity index (χ0) is 4.28. The second kappa shape index (κ2) is 10.3. The molecular weight excluding hydrogens is 164 g/mol. The van der Waals surface area contributed by atoms with E-state index >= 15 is 0 Å². The van der Waals surface area contributed by atoms with Crippen molar-refractivity contribution < 1.29 is 17.0 Å². The van der Waals surface area contributed by atoms with Crippen LogP contribution < -0.4 is 17.0 Å². The molecule has 0 aromatic carbocycles. The first kappa shape index (κ1) is 15.7. The molecule has 0 saturated carbocycles. The summed E-state index contributed by atoms with van der Waals surface area (Å²) in [4.78, 5) is 0. The van der Waals surface area contributed by atoms with Crippen molar-refractivity contribution in [1.29, 1.82) is 0 Å². The van der Waals surface area contributed by atoms with Gasteiger partial charge in [0.1, 0.15) is 0 Å². The Kier molecular flexibility index (Phi) is 23.1. The van der Waals surface area contributed by atoms with Gasteiger partial charge in [-0.2, -0.15) is 12.8 Å². The summed E-state index contributed by atoms with van der Waals surface area (Å²) < 4.78 is 0. The Labute approximate surface area is 73.0 Å². The molecule has 0 aromatic heterocycles. The monoisotopic (exact) mass is 174 g/mol. The molecule has 0 unspecified atom stereocenters. The van der Waals surface area contributed by atoms with Crippen LogP contribution in [-0.4, -0.2) is 23.1 Å². The molecule has 2 heteroatoms. The normalized spacial score (nSPS) is 6.86. The van der Waals surface area contributed by atoms with Crippen molar-refractivity contribution in [1.82, 2.24) is 0 Å². The van der Waals surface area contributed by atoms with Gasteiger partial charge in [0.25, 0.3) is 0 Å². The summed E-state index contributed by atoms with van der Waals surface area (Å²) >= 11 is 0. The Hall–Kier alpha value is 1.25. The van der Waals surface area contributed by atoms with E-state index in [0.717, 1.165) is 5.92 Å². The largest absolute Gasteiger partial charge is 2.00 e. The van der Waals surface area contributed by atoms with E-state index in [2.05, 4.69) is 27.2 Å². The number of hydrogen-bond acceptors (Lipinski definition) is 0. The topological polar surface area (TPSA) is 0 Å². The molecular formula is C5H11BrMg. The van der Waals surface area contributed by atoms with Gasteiger partial charge in [0.05, 0.1) is 0 Å². The first-order valence-corrected chi connectivity index (χ1v) is 2.07. The predicted molar refractivity (Wildman–Crippen MR) is 30.6 cm³/mol. The smallest absolute Gasteiger partial charge is 1.00 e. The van der Waals surface area contributed by atoms with Gasteiger partial charge in [0, 0.05) is 0 Å². The Morgan fingerprint density at radius 3 is 1.43 bits per heavy atom. The van der Waals surface area contributed by atoms with Gasteiger partial charge in [-0.3, -0.25) is 0 Å². The summed E-state index contributed by atoms with van der Waals surface area (Å²) in [7, 11) is 0. The molecule has 0 spiro atoms. The Bertz CT molecular complexity index is 22.0. The molecule has 0 N–H and O–H groups in total. The standard InChI is InChI=1S/C5H11.BrH.Mg/c1-4-5(2)3;;/h4-5H,1-3H3;1H;/q-1;;+2/p-1. The fourth-order valence-electron chi connectivity index (χ4n) is 0. The molecule has 0 bridgehead atoms. The summed E-state index contributed by atoms with van der Waals surface area (Å²) in [6.45, 7) is 6.41. The van der Waals surface area contributed by atoms with E-state index in [0.29, 0.717) is 0 Å². The molecule has 0 amide bonds. The second-order valence-corrected chi connectivity index (χ2v) is 1.58. The van der Waals surface area contributed by atoms with Crippen LogP contribution in [0.3, 0.4) is 0 Å². The van der Waals surface area contributed by atoms with Crippen LogP contribution in [0.4, 0.5) is 0 Å². The minimum atomic E-state index is 0. The summed E-state index contributed by atoms with van der Waals surface area (Å²) in [5, 5.41) is 0. The molecule has 7 heavy (non-hydrogen) atoms. The quantitative estimate of drug-likeness (QED) is 0.336. The van der Waals surface area contributed by atoms with Crippen LogP contribution in [0.15, 0.2) is 0 Å². The molecule has 0 heterocycles. The third-order valence-electron chi connectivity index (χ3n) is 0.667. The zero-order valence-electron chi connectivity index (χ0n) is 5.24. The number of rotatable bonds is 1. The molecule has 0 radical (unpaired) electrons. The van der Waals surface area contributed by atoms with Crippen molar-refractivity contribution in [2.45, 2.75) is 20.8 Å². The zero-order valence-corrected chi connectivity index (χ0v) is 8.24. The van der Waals surface area contributed by atoms with E-state index < -0.39 is 0 Å². The summed E-state index contributed by atoms with van der Waals surface area (Å²) in [6, 6.07) is 0. The van der Waals surface area contributed by atoms with E-state index in [1.807, 2.05) is 0 Å². The predicted octanol–water partition coefficient (Wildman–Crippen LogP) is -1.51. The van der Waals surface area contributed by atoms with Gasteiger partial charge in [-0.25, -0.2) is 0 Å². The van der Waals surface area contributed by atoms with Crippen molar-refractivity contribution in [3.63, 3.8) is 0 Å². The minimum Gasteiger partial charge on any atom is -1.00 e. The van der Waals surface area contributed by atoms with Crippen molar-refractivity contribution in [2.75, 3.05) is 0 Å². The van der Waals surface area contributed by atoms with Crippen LogP contribution in [0, 0.1) is 12.3 Å². The molecule has 0 aliphatic carbocycles. The van der Waals surface area contributed by atoms with Crippen LogP contribution in [-0.2, 0) is 0 Å². The van der Waals surface area contributed by atoms with E-state index in [1.54, 1.807) is 0 Å². The van der Waals surface area contributed by atoms with Gasteiger partial charge in [-0.15, -0.1) is 0 Å². The molecule has 0 aliphatic rings. The van der Waals surface area contributed by atoms with E-state index in [9.17, 15) is 0 Å². The molecule has 40 valence electrons. The molecule has 0 nitrogen and oxygen atoms in total. The van der Waals surface area contributed by atoms with Gasteiger partial charge in [0.15, 0.2) is 0 Å². The Morgan fingerprint density at radius 1 is 1.29 bits per heavy atom. The van der Waals surface area contributed by atoms with Crippen LogP contribution in [0.25, 0.3) is 0 Å². The van der Waals surface area contributed by atoms with E-state index in [-0.39, 0.29) is 40.0 Å². The summed E-state index contributed by atoms with van der Waals surface area (Å²) in [5.74, 6) is 0.759. The van der Waals surface area contributed by atoms with Crippen molar-refractivity contribution in [3.8, 4) is 0 Å². The van der Waals surface area contributed by atoms with Gasteiger partial charge in [-0.05, 0) is 0 Å². The van der Waals surface area contributed by atoms with Crippen molar-refractivity contribution in [3.05, 3.63) is 6.42 Å². The maximum absolute atomic E-state index is 2.17. The average molecular weight is 175 g/mol. The average Bonchev–Trinajstić information content (AvgIpc) is 1.38. The van der Waals surface area contributed by atoms with Gasteiger partial charge in [0.2, 0.25) is 0 Å². The van der Waals surface area contributed by atoms with Gasteiger partial charge < -0.3 is 23.4 Å². The molecule has 0 saturated heterocycles. The fraction of sp³-hybridized carbons (Fsp3) is 0.800. The second-order valence-electron chi connectivity index (χ2n) is 1.58. The van der Waals surface area contributed by atoms with Crippen molar-refractivity contribution in [2.24, 2.45) is 5.92 Å². The number of hydrogen-bond donors (Lipinski definition) is 0. The van der Waals surface area contributed by atoms with Crippen LogP contribution >= 0.6 is 0 Å². The first-order valence-electron chi connectivity index (χ1n) is 2.07.